The molecule has 6 heteroatoms. The van der Waals surface area contributed by atoms with Crippen LogP contribution in [0.3, 0.4) is 0 Å². The van der Waals surface area contributed by atoms with E-state index in [2.05, 4.69) is 15.8 Å². The van der Waals surface area contributed by atoms with Crippen LogP contribution in [0.1, 0.15) is 17.0 Å². The van der Waals surface area contributed by atoms with Crippen LogP contribution in [0.2, 0.25) is 0 Å². The third kappa shape index (κ3) is 3.25. The Bertz CT molecular complexity index is 555. The Morgan fingerprint density at radius 2 is 1.89 bits per heavy atom. The third-order valence-corrected chi connectivity index (χ3v) is 2.80. The summed E-state index contributed by atoms with van der Waals surface area (Å²) in [6, 6.07) is 6.71. The number of benzene rings is 1. The van der Waals surface area contributed by atoms with Gasteiger partial charge in [-0.1, -0.05) is 5.16 Å². The Kier molecular flexibility index (Phi) is 3.70. The predicted molar refractivity (Wildman–Crippen MR) is 73.0 cm³/mol. The summed E-state index contributed by atoms with van der Waals surface area (Å²) in [5.74, 6) is 0.817. The van der Waals surface area contributed by atoms with Crippen LogP contribution < -0.4 is 16.4 Å². The standard InChI is InChI=1S/C13H16N4O2/c1-8-12(9(2)19-17-8)7-15-10-3-5-11(6-4-10)16-13(14)18/h3-6,15H,7H2,1-2H3,(H3,14,16,18). The molecule has 0 saturated heterocycles. The highest BCUT2D eigenvalue weighted by Gasteiger charge is 2.08. The predicted octanol–water partition coefficient (Wildman–Crippen LogP) is 2.39. The summed E-state index contributed by atoms with van der Waals surface area (Å²) >= 11 is 0. The summed E-state index contributed by atoms with van der Waals surface area (Å²) in [5.41, 5.74) is 8.58. The van der Waals surface area contributed by atoms with Gasteiger partial charge in [0.2, 0.25) is 0 Å². The molecule has 2 amide bonds. The maximum atomic E-state index is 10.7. The zero-order valence-corrected chi connectivity index (χ0v) is 10.9. The quantitative estimate of drug-likeness (QED) is 0.786. The molecular formula is C13H16N4O2. The SMILES string of the molecule is Cc1noc(C)c1CNc1ccc(NC(N)=O)cc1. The van der Waals surface area contributed by atoms with E-state index in [0.29, 0.717) is 12.2 Å². The minimum absolute atomic E-state index is 0.573. The summed E-state index contributed by atoms with van der Waals surface area (Å²) in [6.45, 7) is 4.44. The number of nitrogens with one attached hydrogen (secondary N) is 2. The highest BCUT2D eigenvalue weighted by molar-refractivity contribution is 5.87. The summed E-state index contributed by atoms with van der Waals surface area (Å²) < 4.78 is 5.10. The first-order chi connectivity index (χ1) is 9.06. The number of rotatable bonds is 4. The van der Waals surface area contributed by atoms with E-state index in [4.69, 9.17) is 10.3 Å². The van der Waals surface area contributed by atoms with E-state index in [0.717, 1.165) is 22.7 Å². The van der Waals surface area contributed by atoms with Crippen LogP contribution in [-0.4, -0.2) is 11.2 Å². The van der Waals surface area contributed by atoms with Gasteiger partial charge in [-0.15, -0.1) is 0 Å². The van der Waals surface area contributed by atoms with Crippen molar-refractivity contribution in [3.05, 3.63) is 41.3 Å². The number of nitrogens with zero attached hydrogens (tertiary/aromatic N) is 1. The largest absolute Gasteiger partial charge is 0.381 e. The van der Waals surface area contributed by atoms with Gasteiger partial charge in [-0.05, 0) is 38.1 Å². The molecule has 2 rings (SSSR count). The molecule has 0 aliphatic carbocycles. The van der Waals surface area contributed by atoms with Crippen LogP contribution in [0.4, 0.5) is 16.2 Å². The number of amides is 2. The van der Waals surface area contributed by atoms with Gasteiger partial charge in [0, 0.05) is 23.5 Å². The third-order valence-electron chi connectivity index (χ3n) is 2.80. The molecule has 0 spiro atoms. The molecule has 1 aromatic carbocycles. The fourth-order valence-electron chi connectivity index (χ4n) is 1.76. The van der Waals surface area contributed by atoms with Gasteiger partial charge in [-0.3, -0.25) is 0 Å². The zero-order valence-electron chi connectivity index (χ0n) is 10.9. The number of carbonyl (C=O) groups is 1. The Morgan fingerprint density at radius 3 is 2.42 bits per heavy atom. The van der Waals surface area contributed by atoms with E-state index < -0.39 is 6.03 Å². The van der Waals surface area contributed by atoms with Crippen molar-refractivity contribution in [2.45, 2.75) is 20.4 Å². The van der Waals surface area contributed by atoms with Crippen molar-refractivity contribution in [2.75, 3.05) is 10.6 Å². The van der Waals surface area contributed by atoms with Crippen LogP contribution in [-0.2, 0) is 6.54 Å². The molecule has 2 aromatic rings. The van der Waals surface area contributed by atoms with Gasteiger partial charge >= 0.3 is 6.03 Å². The van der Waals surface area contributed by atoms with Gasteiger partial charge < -0.3 is 20.9 Å². The van der Waals surface area contributed by atoms with Gasteiger partial charge in [0.1, 0.15) is 5.76 Å². The smallest absolute Gasteiger partial charge is 0.316 e. The first-order valence-corrected chi connectivity index (χ1v) is 5.88. The maximum Gasteiger partial charge on any atom is 0.316 e. The van der Waals surface area contributed by atoms with Crippen molar-refractivity contribution >= 4 is 17.4 Å². The molecular weight excluding hydrogens is 244 g/mol. The van der Waals surface area contributed by atoms with Crippen LogP contribution >= 0.6 is 0 Å². The van der Waals surface area contributed by atoms with E-state index in [1.807, 2.05) is 26.0 Å². The first-order valence-electron chi connectivity index (χ1n) is 5.88. The van der Waals surface area contributed by atoms with Crippen LogP contribution in [0.15, 0.2) is 28.8 Å². The number of urea groups is 1. The van der Waals surface area contributed by atoms with Crippen LogP contribution in [0, 0.1) is 13.8 Å². The average Bonchev–Trinajstić information content (AvgIpc) is 2.68. The molecule has 4 N–H and O–H groups in total. The lowest BCUT2D eigenvalue weighted by Gasteiger charge is -2.07. The van der Waals surface area contributed by atoms with Gasteiger partial charge in [-0.2, -0.15) is 0 Å². The Hall–Kier alpha value is -2.50. The molecule has 6 nitrogen and oxygen atoms in total. The molecule has 0 unspecified atom stereocenters. The van der Waals surface area contributed by atoms with E-state index in [1.165, 1.54) is 0 Å². The summed E-state index contributed by atoms with van der Waals surface area (Å²) in [4.78, 5) is 10.7. The van der Waals surface area contributed by atoms with Gasteiger partial charge in [0.25, 0.3) is 0 Å². The van der Waals surface area contributed by atoms with Crippen LogP contribution in [0.25, 0.3) is 0 Å². The minimum Gasteiger partial charge on any atom is -0.381 e. The molecule has 100 valence electrons. The average molecular weight is 260 g/mol. The van der Waals surface area contributed by atoms with E-state index >= 15 is 0 Å². The molecule has 1 aromatic heterocycles. The fourth-order valence-corrected chi connectivity index (χ4v) is 1.76. The molecule has 1 heterocycles. The fraction of sp³-hybridized carbons (Fsp3) is 0.231. The van der Waals surface area contributed by atoms with Gasteiger partial charge in [0.15, 0.2) is 0 Å². The number of anilines is 2. The first kappa shape index (κ1) is 12.9. The number of aryl methyl sites for hydroxylation is 2. The summed E-state index contributed by atoms with van der Waals surface area (Å²) in [5, 5.41) is 9.67. The normalized spacial score (nSPS) is 10.2. The second kappa shape index (κ2) is 5.43. The Morgan fingerprint density at radius 1 is 1.26 bits per heavy atom. The lowest BCUT2D eigenvalue weighted by molar-refractivity contribution is 0.259. The molecule has 0 aliphatic heterocycles. The lowest BCUT2D eigenvalue weighted by Crippen LogP contribution is -2.19. The second-order valence-electron chi connectivity index (χ2n) is 4.22. The zero-order chi connectivity index (χ0) is 13.8. The number of nitrogens with two attached hydrogens (primary N) is 1. The van der Waals surface area contributed by atoms with Crippen molar-refractivity contribution < 1.29 is 9.32 Å². The van der Waals surface area contributed by atoms with E-state index in [-0.39, 0.29) is 0 Å². The van der Waals surface area contributed by atoms with E-state index in [1.54, 1.807) is 12.1 Å². The van der Waals surface area contributed by atoms with Crippen molar-refractivity contribution in [3.63, 3.8) is 0 Å². The number of hydrogen-bond acceptors (Lipinski definition) is 4. The Labute approximate surface area is 111 Å². The maximum absolute atomic E-state index is 10.7. The monoisotopic (exact) mass is 260 g/mol. The van der Waals surface area contributed by atoms with Crippen molar-refractivity contribution in [1.29, 1.82) is 0 Å². The minimum atomic E-state index is -0.573. The van der Waals surface area contributed by atoms with Crippen molar-refractivity contribution in [2.24, 2.45) is 5.73 Å². The highest BCUT2D eigenvalue weighted by atomic mass is 16.5. The van der Waals surface area contributed by atoms with E-state index in [9.17, 15) is 4.79 Å². The molecule has 0 saturated carbocycles. The topological polar surface area (TPSA) is 93.2 Å². The van der Waals surface area contributed by atoms with Crippen molar-refractivity contribution in [1.82, 2.24) is 5.16 Å². The number of hydrogen-bond donors (Lipinski definition) is 3. The summed E-state index contributed by atoms with van der Waals surface area (Å²) in [7, 11) is 0. The van der Waals surface area contributed by atoms with Gasteiger partial charge in [-0.25, -0.2) is 4.79 Å². The highest BCUT2D eigenvalue weighted by Crippen LogP contribution is 2.17. The molecule has 0 aliphatic rings. The number of aromatic nitrogens is 1. The van der Waals surface area contributed by atoms with Gasteiger partial charge in [0.05, 0.1) is 5.69 Å². The second-order valence-corrected chi connectivity index (χ2v) is 4.22. The van der Waals surface area contributed by atoms with Crippen molar-refractivity contribution in [3.8, 4) is 0 Å². The molecule has 0 atom stereocenters. The van der Waals surface area contributed by atoms with Crippen LogP contribution in [0.5, 0.6) is 0 Å². The molecule has 0 radical (unpaired) electrons. The summed E-state index contributed by atoms with van der Waals surface area (Å²) in [6.07, 6.45) is 0. The number of carbonyl (C=O) groups excluding carboxylic acids is 1. The molecule has 0 fully saturated rings. The molecule has 0 bridgehead atoms. The molecule has 19 heavy (non-hydrogen) atoms. The Balaban J connectivity index is 1.98. The number of primary amides is 1. The lowest BCUT2D eigenvalue weighted by atomic mass is 10.2.